The van der Waals surface area contributed by atoms with E-state index in [1.807, 2.05) is 6.92 Å². The van der Waals surface area contributed by atoms with Gasteiger partial charge in [0.1, 0.15) is 11.5 Å². The zero-order valence-electron chi connectivity index (χ0n) is 16.9. The van der Waals surface area contributed by atoms with E-state index in [2.05, 4.69) is 0 Å². The van der Waals surface area contributed by atoms with Gasteiger partial charge in [0, 0.05) is 38.7 Å². The van der Waals surface area contributed by atoms with E-state index in [-0.39, 0.29) is 37.0 Å². The van der Waals surface area contributed by atoms with Gasteiger partial charge in [0.25, 0.3) is 5.91 Å². The first-order valence-electron chi connectivity index (χ1n) is 9.62. The Balaban J connectivity index is 1.65. The molecular formula is C21H24N2O6S. The number of hydrogen-bond donors (Lipinski definition) is 0. The fraction of sp³-hybridized carbons (Fsp3) is 0.333. The van der Waals surface area contributed by atoms with E-state index in [9.17, 15) is 18.0 Å². The molecule has 1 heterocycles. The number of hydrogen-bond acceptors (Lipinski definition) is 6. The predicted molar refractivity (Wildman–Crippen MR) is 110 cm³/mol. The van der Waals surface area contributed by atoms with E-state index in [0.717, 1.165) is 0 Å². The fourth-order valence-electron chi connectivity index (χ4n) is 3.20. The molecule has 30 heavy (non-hydrogen) atoms. The van der Waals surface area contributed by atoms with Gasteiger partial charge in [-0.25, -0.2) is 8.42 Å². The molecule has 0 bridgehead atoms. The summed E-state index contributed by atoms with van der Waals surface area (Å²) >= 11 is 0. The van der Waals surface area contributed by atoms with Gasteiger partial charge in [-0.1, -0.05) is 6.07 Å². The number of piperazine rings is 1. The van der Waals surface area contributed by atoms with E-state index in [1.165, 1.54) is 29.4 Å². The molecule has 0 radical (unpaired) electrons. The number of amides is 1. The van der Waals surface area contributed by atoms with Crippen LogP contribution >= 0.6 is 0 Å². The van der Waals surface area contributed by atoms with Crippen LogP contribution in [0.2, 0.25) is 0 Å². The summed E-state index contributed by atoms with van der Waals surface area (Å²) in [6.45, 7) is 4.60. The third-order valence-corrected chi connectivity index (χ3v) is 6.55. The number of esters is 1. The summed E-state index contributed by atoms with van der Waals surface area (Å²) in [5.74, 6) is 0.211. The van der Waals surface area contributed by atoms with Gasteiger partial charge in [-0.15, -0.1) is 0 Å². The van der Waals surface area contributed by atoms with Crippen molar-refractivity contribution in [3.05, 3.63) is 54.1 Å². The van der Waals surface area contributed by atoms with E-state index in [4.69, 9.17) is 9.47 Å². The van der Waals surface area contributed by atoms with Gasteiger partial charge in [-0.2, -0.15) is 4.31 Å². The van der Waals surface area contributed by atoms with Crippen LogP contribution in [0.1, 0.15) is 24.2 Å². The maximum Gasteiger partial charge on any atom is 0.308 e. The first-order valence-corrected chi connectivity index (χ1v) is 11.1. The zero-order chi connectivity index (χ0) is 21.7. The van der Waals surface area contributed by atoms with E-state index >= 15 is 0 Å². The Morgan fingerprint density at radius 1 is 0.967 bits per heavy atom. The molecule has 2 aromatic rings. The van der Waals surface area contributed by atoms with Crippen LogP contribution in [0.3, 0.4) is 0 Å². The topological polar surface area (TPSA) is 93.2 Å². The van der Waals surface area contributed by atoms with E-state index in [0.29, 0.717) is 23.7 Å². The summed E-state index contributed by atoms with van der Waals surface area (Å²) < 4.78 is 37.5. The third kappa shape index (κ3) is 4.98. The van der Waals surface area contributed by atoms with Crippen molar-refractivity contribution < 1.29 is 27.5 Å². The Morgan fingerprint density at radius 3 is 2.23 bits per heavy atom. The predicted octanol–water partition coefficient (Wildman–Crippen LogP) is 2.16. The van der Waals surface area contributed by atoms with Crippen LogP contribution in [-0.2, 0) is 14.8 Å². The second-order valence-electron chi connectivity index (χ2n) is 6.72. The number of sulfonamides is 1. The largest absolute Gasteiger partial charge is 0.494 e. The van der Waals surface area contributed by atoms with Crippen molar-refractivity contribution in [1.29, 1.82) is 0 Å². The van der Waals surface area contributed by atoms with Crippen LogP contribution in [-0.4, -0.2) is 62.3 Å². The molecule has 8 nitrogen and oxygen atoms in total. The van der Waals surface area contributed by atoms with Gasteiger partial charge in [-0.3, -0.25) is 9.59 Å². The number of ether oxygens (including phenoxy) is 2. The molecule has 160 valence electrons. The number of nitrogens with zero attached hydrogens (tertiary/aromatic N) is 2. The van der Waals surface area contributed by atoms with Gasteiger partial charge in [0.05, 0.1) is 11.5 Å². The lowest BCUT2D eigenvalue weighted by Crippen LogP contribution is -2.50. The van der Waals surface area contributed by atoms with Crippen molar-refractivity contribution in [3.8, 4) is 11.5 Å². The molecule has 1 aliphatic heterocycles. The second-order valence-corrected chi connectivity index (χ2v) is 8.66. The van der Waals surface area contributed by atoms with Crippen LogP contribution in [0.25, 0.3) is 0 Å². The average molecular weight is 432 g/mol. The number of benzene rings is 2. The number of carbonyl (C=O) groups is 2. The fourth-order valence-corrected chi connectivity index (χ4v) is 4.62. The van der Waals surface area contributed by atoms with Crippen LogP contribution in [0, 0.1) is 0 Å². The molecule has 0 N–H and O–H groups in total. The van der Waals surface area contributed by atoms with Gasteiger partial charge in [0.15, 0.2) is 0 Å². The highest BCUT2D eigenvalue weighted by Gasteiger charge is 2.30. The van der Waals surface area contributed by atoms with Gasteiger partial charge < -0.3 is 14.4 Å². The maximum absolute atomic E-state index is 12.9. The van der Waals surface area contributed by atoms with Gasteiger partial charge in [0.2, 0.25) is 10.0 Å². The van der Waals surface area contributed by atoms with Crippen LogP contribution in [0.4, 0.5) is 0 Å². The molecule has 0 unspecified atom stereocenters. The molecule has 0 saturated carbocycles. The lowest BCUT2D eigenvalue weighted by Gasteiger charge is -2.34. The summed E-state index contributed by atoms with van der Waals surface area (Å²) in [4.78, 5) is 25.7. The molecule has 0 aliphatic carbocycles. The SMILES string of the molecule is CCOc1ccc(S(=O)(=O)N2CCN(C(=O)c3cccc(OC(C)=O)c3)CC2)cc1. The van der Waals surface area contributed by atoms with Crippen molar-refractivity contribution in [2.24, 2.45) is 0 Å². The third-order valence-electron chi connectivity index (χ3n) is 4.64. The van der Waals surface area contributed by atoms with Crippen molar-refractivity contribution in [3.63, 3.8) is 0 Å². The Kier molecular flexibility index (Phi) is 6.73. The van der Waals surface area contributed by atoms with Gasteiger partial charge >= 0.3 is 5.97 Å². The minimum Gasteiger partial charge on any atom is -0.494 e. The molecule has 3 rings (SSSR count). The highest BCUT2D eigenvalue weighted by Crippen LogP contribution is 2.22. The molecule has 0 aromatic heterocycles. The molecular weight excluding hydrogens is 408 g/mol. The first kappa shape index (κ1) is 21.8. The standard InChI is InChI=1S/C21H24N2O6S/c1-3-28-18-7-9-20(10-8-18)30(26,27)23-13-11-22(12-14-23)21(25)17-5-4-6-19(15-17)29-16(2)24/h4-10,15H,3,11-14H2,1-2H3. The summed E-state index contributed by atoms with van der Waals surface area (Å²) in [6, 6.07) is 12.7. The molecule has 0 spiro atoms. The van der Waals surface area contributed by atoms with E-state index in [1.54, 1.807) is 35.2 Å². The minimum atomic E-state index is -3.65. The quantitative estimate of drug-likeness (QED) is 0.513. The van der Waals surface area contributed by atoms with Crippen LogP contribution in [0.5, 0.6) is 11.5 Å². The number of carbonyl (C=O) groups excluding carboxylic acids is 2. The highest BCUT2D eigenvalue weighted by atomic mass is 32.2. The molecule has 9 heteroatoms. The summed E-state index contributed by atoms with van der Waals surface area (Å²) in [6.07, 6.45) is 0. The Hall–Kier alpha value is -2.91. The molecule has 1 fully saturated rings. The van der Waals surface area contributed by atoms with Crippen LogP contribution in [0.15, 0.2) is 53.4 Å². The Labute approximate surface area is 176 Å². The van der Waals surface area contributed by atoms with Crippen molar-refractivity contribution in [2.45, 2.75) is 18.7 Å². The molecule has 2 aromatic carbocycles. The summed E-state index contributed by atoms with van der Waals surface area (Å²) in [5.41, 5.74) is 0.386. The molecule has 1 aliphatic rings. The normalized spacial score (nSPS) is 14.9. The average Bonchev–Trinajstić information content (AvgIpc) is 2.74. The lowest BCUT2D eigenvalue weighted by atomic mass is 10.1. The monoisotopic (exact) mass is 432 g/mol. The summed E-state index contributed by atoms with van der Waals surface area (Å²) in [5, 5.41) is 0. The number of rotatable bonds is 6. The lowest BCUT2D eigenvalue weighted by molar-refractivity contribution is -0.131. The Bertz CT molecular complexity index is 1010. The summed E-state index contributed by atoms with van der Waals surface area (Å²) in [7, 11) is -3.65. The zero-order valence-corrected chi connectivity index (χ0v) is 17.7. The van der Waals surface area contributed by atoms with Crippen molar-refractivity contribution in [2.75, 3.05) is 32.8 Å². The molecule has 0 atom stereocenters. The molecule has 1 amide bonds. The van der Waals surface area contributed by atoms with Gasteiger partial charge in [-0.05, 0) is 49.4 Å². The minimum absolute atomic E-state index is 0.194. The second kappa shape index (κ2) is 9.27. The van der Waals surface area contributed by atoms with Crippen molar-refractivity contribution >= 4 is 21.9 Å². The highest BCUT2D eigenvalue weighted by molar-refractivity contribution is 7.89. The smallest absolute Gasteiger partial charge is 0.308 e. The maximum atomic E-state index is 12.9. The molecule has 1 saturated heterocycles. The van der Waals surface area contributed by atoms with Crippen LogP contribution < -0.4 is 9.47 Å². The Morgan fingerprint density at radius 2 is 1.63 bits per heavy atom. The first-order chi connectivity index (χ1) is 14.3. The van der Waals surface area contributed by atoms with E-state index < -0.39 is 16.0 Å². The van der Waals surface area contributed by atoms with Crippen molar-refractivity contribution in [1.82, 2.24) is 9.21 Å².